The molecule has 1 aromatic rings. The van der Waals surface area contributed by atoms with E-state index in [1.54, 1.807) is 18.7 Å². The zero-order valence-corrected chi connectivity index (χ0v) is 12.7. The molecule has 1 aromatic heterocycles. The first kappa shape index (κ1) is 13.9. The number of ether oxygens (including phenoxy) is 1. The van der Waals surface area contributed by atoms with Crippen molar-refractivity contribution in [2.45, 2.75) is 24.5 Å². The average molecular weight is 293 g/mol. The van der Waals surface area contributed by atoms with Crippen molar-refractivity contribution in [3.63, 3.8) is 0 Å². The van der Waals surface area contributed by atoms with E-state index in [1.807, 2.05) is 6.92 Å². The lowest BCUT2D eigenvalue weighted by Gasteiger charge is -2.29. The molecule has 3 rings (SSSR count). The van der Waals surface area contributed by atoms with Gasteiger partial charge < -0.3 is 14.7 Å². The highest BCUT2D eigenvalue weighted by atomic mass is 32.2. The van der Waals surface area contributed by atoms with E-state index in [2.05, 4.69) is 21.4 Å². The van der Waals surface area contributed by atoms with Crippen LogP contribution in [0.2, 0.25) is 0 Å². The summed E-state index contributed by atoms with van der Waals surface area (Å²) in [5, 5.41) is 11.3. The van der Waals surface area contributed by atoms with Gasteiger partial charge in [0.05, 0.1) is 25.3 Å². The number of β-amino-alcohol motifs (C(OH)–C–C–N with tert-alkyl or cyclic N) is 1. The monoisotopic (exact) mass is 293 g/mol. The van der Waals surface area contributed by atoms with Crippen LogP contribution in [-0.2, 0) is 4.74 Å². The fraction of sp³-hybridized carbons (Fsp3) is 0.571. The number of nitrogens with zero attached hydrogens (tertiary/aromatic N) is 3. The Balaban J connectivity index is 2.03. The van der Waals surface area contributed by atoms with E-state index >= 15 is 0 Å². The van der Waals surface area contributed by atoms with Crippen LogP contribution in [0.1, 0.15) is 18.3 Å². The summed E-state index contributed by atoms with van der Waals surface area (Å²) in [5.74, 6) is 2.50. The number of anilines is 1. The maximum Gasteiger partial charge on any atom is 0.141 e. The molecule has 1 fully saturated rings. The smallest absolute Gasteiger partial charge is 0.141 e. The maximum absolute atomic E-state index is 10.3. The number of aromatic nitrogens is 2. The van der Waals surface area contributed by atoms with Gasteiger partial charge in [-0.25, -0.2) is 9.97 Å². The summed E-state index contributed by atoms with van der Waals surface area (Å²) >= 11 is 1.70. The first-order chi connectivity index (χ1) is 9.46. The number of aliphatic hydroxyl groups is 1. The van der Waals surface area contributed by atoms with Gasteiger partial charge in [0.25, 0.3) is 0 Å². The van der Waals surface area contributed by atoms with Crippen molar-refractivity contribution in [3.8, 4) is 0 Å². The van der Waals surface area contributed by atoms with Gasteiger partial charge in [0, 0.05) is 12.3 Å². The Morgan fingerprint density at radius 1 is 1.45 bits per heavy atom. The molecule has 5 nitrogen and oxygen atoms in total. The molecule has 0 aromatic carbocycles. The number of hydrogen-bond donors (Lipinski definition) is 1. The summed E-state index contributed by atoms with van der Waals surface area (Å²) in [6.45, 7) is 9.99. The number of rotatable bonds is 1. The van der Waals surface area contributed by atoms with Crippen LogP contribution in [0.5, 0.6) is 0 Å². The van der Waals surface area contributed by atoms with E-state index in [4.69, 9.17) is 4.74 Å². The molecule has 0 unspecified atom stereocenters. The molecule has 6 heteroatoms. The molecule has 20 heavy (non-hydrogen) atoms. The van der Waals surface area contributed by atoms with Gasteiger partial charge in [-0.15, -0.1) is 11.8 Å². The van der Waals surface area contributed by atoms with Gasteiger partial charge in [-0.3, -0.25) is 0 Å². The molecule has 0 amide bonds. The highest BCUT2D eigenvalue weighted by Crippen LogP contribution is 2.41. The number of fused-ring (bicyclic) bond motifs is 1. The topological polar surface area (TPSA) is 58.5 Å². The van der Waals surface area contributed by atoms with Gasteiger partial charge in [0.15, 0.2) is 0 Å². The average Bonchev–Trinajstić information content (AvgIpc) is 2.63. The van der Waals surface area contributed by atoms with Crippen LogP contribution < -0.4 is 4.90 Å². The SMILES string of the molecule is C=C1CSc2nc(C)nc(N3CCOC[C@@](C)(O)C3)c21. The Labute approximate surface area is 123 Å². The van der Waals surface area contributed by atoms with Crippen LogP contribution in [-0.4, -0.2) is 52.7 Å². The Hall–Kier alpha value is -1.11. The maximum atomic E-state index is 10.3. The van der Waals surface area contributed by atoms with Gasteiger partial charge in [-0.05, 0) is 19.4 Å². The largest absolute Gasteiger partial charge is 0.386 e. The predicted molar refractivity (Wildman–Crippen MR) is 80.2 cm³/mol. The predicted octanol–water partition coefficient (Wildman–Crippen LogP) is 1.49. The van der Waals surface area contributed by atoms with E-state index < -0.39 is 5.60 Å². The minimum Gasteiger partial charge on any atom is -0.386 e. The Morgan fingerprint density at radius 2 is 2.25 bits per heavy atom. The quantitative estimate of drug-likeness (QED) is 0.792. The van der Waals surface area contributed by atoms with Crippen molar-refractivity contribution in [1.82, 2.24) is 9.97 Å². The number of aryl methyl sites for hydroxylation is 1. The van der Waals surface area contributed by atoms with Crippen molar-refractivity contribution in [3.05, 3.63) is 18.0 Å². The molecule has 0 spiro atoms. The van der Waals surface area contributed by atoms with Crippen LogP contribution in [0.15, 0.2) is 11.6 Å². The van der Waals surface area contributed by atoms with Crippen molar-refractivity contribution < 1.29 is 9.84 Å². The summed E-state index contributed by atoms with van der Waals surface area (Å²) in [4.78, 5) is 11.2. The van der Waals surface area contributed by atoms with Gasteiger partial charge >= 0.3 is 0 Å². The third-order valence-electron chi connectivity index (χ3n) is 3.45. The minimum atomic E-state index is -0.866. The third-order valence-corrected chi connectivity index (χ3v) is 4.52. The van der Waals surface area contributed by atoms with Crippen molar-refractivity contribution in [2.75, 3.05) is 37.0 Å². The van der Waals surface area contributed by atoms with Gasteiger partial charge in [0.2, 0.25) is 0 Å². The third kappa shape index (κ3) is 2.55. The highest BCUT2D eigenvalue weighted by Gasteiger charge is 2.32. The number of thioether (sulfide) groups is 1. The molecule has 2 aliphatic rings. The second kappa shape index (κ2) is 5.02. The highest BCUT2D eigenvalue weighted by molar-refractivity contribution is 8.00. The first-order valence-electron chi connectivity index (χ1n) is 6.71. The van der Waals surface area contributed by atoms with Crippen LogP contribution >= 0.6 is 11.8 Å². The second-order valence-electron chi connectivity index (χ2n) is 5.64. The Morgan fingerprint density at radius 3 is 3.05 bits per heavy atom. The summed E-state index contributed by atoms with van der Waals surface area (Å²) in [6, 6.07) is 0. The molecular formula is C14H19N3O2S. The molecule has 1 N–H and O–H groups in total. The van der Waals surface area contributed by atoms with Gasteiger partial charge in [-0.2, -0.15) is 0 Å². The van der Waals surface area contributed by atoms with E-state index in [-0.39, 0.29) is 0 Å². The van der Waals surface area contributed by atoms with E-state index in [0.29, 0.717) is 19.8 Å². The fourth-order valence-corrected chi connectivity index (χ4v) is 3.62. The molecule has 0 saturated carbocycles. The lowest BCUT2D eigenvalue weighted by Crippen LogP contribution is -2.42. The Bertz CT molecular complexity index is 560. The molecule has 0 aliphatic carbocycles. The second-order valence-corrected chi connectivity index (χ2v) is 6.60. The van der Waals surface area contributed by atoms with E-state index in [1.165, 1.54) is 0 Å². The summed E-state index contributed by atoms with van der Waals surface area (Å²) in [6.07, 6.45) is 0. The lowest BCUT2D eigenvalue weighted by molar-refractivity contribution is -0.0123. The van der Waals surface area contributed by atoms with Crippen molar-refractivity contribution in [2.24, 2.45) is 0 Å². The van der Waals surface area contributed by atoms with Crippen LogP contribution in [0, 0.1) is 6.92 Å². The fourth-order valence-electron chi connectivity index (χ4n) is 2.59. The number of hydrogen-bond acceptors (Lipinski definition) is 6. The van der Waals surface area contributed by atoms with E-state index in [9.17, 15) is 5.11 Å². The van der Waals surface area contributed by atoms with Crippen molar-refractivity contribution in [1.29, 1.82) is 0 Å². The molecule has 2 aliphatic heterocycles. The molecule has 3 heterocycles. The Kier molecular flexibility index (Phi) is 3.48. The standard InChI is InChI=1S/C14H19N3O2S/c1-9-6-20-13-11(9)12(15-10(2)16-13)17-4-5-19-8-14(3,18)7-17/h18H,1,4-8H2,2-3H3/t14-/m0/s1. The molecule has 0 radical (unpaired) electrons. The van der Waals surface area contributed by atoms with Crippen LogP contribution in [0.3, 0.4) is 0 Å². The molecular weight excluding hydrogens is 274 g/mol. The lowest BCUT2D eigenvalue weighted by atomic mass is 10.1. The summed E-state index contributed by atoms with van der Waals surface area (Å²) in [7, 11) is 0. The van der Waals surface area contributed by atoms with Crippen LogP contribution in [0.25, 0.3) is 5.57 Å². The van der Waals surface area contributed by atoms with E-state index in [0.717, 1.165) is 40.1 Å². The minimum absolute atomic E-state index is 0.353. The van der Waals surface area contributed by atoms with Gasteiger partial charge in [-0.1, -0.05) is 6.58 Å². The molecule has 1 saturated heterocycles. The normalized spacial score (nSPS) is 26.6. The molecule has 0 bridgehead atoms. The molecule has 1 atom stereocenters. The van der Waals surface area contributed by atoms with Crippen molar-refractivity contribution >= 4 is 23.2 Å². The molecule has 108 valence electrons. The zero-order chi connectivity index (χ0) is 14.3. The van der Waals surface area contributed by atoms with Crippen LogP contribution in [0.4, 0.5) is 5.82 Å². The summed E-state index contributed by atoms with van der Waals surface area (Å²) < 4.78 is 5.48. The zero-order valence-electron chi connectivity index (χ0n) is 11.8. The van der Waals surface area contributed by atoms with Gasteiger partial charge in [0.1, 0.15) is 22.3 Å². The first-order valence-corrected chi connectivity index (χ1v) is 7.69. The summed E-state index contributed by atoms with van der Waals surface area (Å²) in [5.41, 5.74) is 1.23.